The van der Waals surface area contributed by atoms with E-state index >= 15 is 0 Å². The zero-order valence-corrected chi connectivity index (χ0v) is 16.3. The lowest BCUT2D eigenvalue weighted by atomic mass is 9.95. The molecule has 1 aliphatic rings. The van der Waals surface area contributed by atoms with E-state index in [1.54, 1.807) is 10.3 Å². The predicted molar refractivity (Wildman–Crippen MR) is 104 cm³/mol. The second-order valence-electron chi connectivity index (χ2n) is 6.40. The summed E-state index contributed by atoms with van der Waals surface area (Å²) in [6, 6.07) is 7.42. The Morgan fingerprint density at radius 1 is 1.27 bits per heavy atom. The maximum atomic E-state index is 12.7. The van der Waals surface area contributed by atoms with E-state index in [1.165, 1.54) is 11.3 Å². The van der Waals surface area contributed by atoms with Crippen molar-refractivity contribution in [2.45, 2.75) is 26.2 Å². The topological polar surface area (TPSA) is 62.3 Å². The fraction of sp³-hybridized carbons (Fsp3) is 0.421. The number of likely N-dealkylation sites (tertiary alicyclic amines) is 1. The van der Waals surface area contributed by atoms with Crippen LogP contribution in [0.3, 0.4) is 0 Å². The van der Waals surface area contributed by atoms with E-state index in [9.17, 15) is 9.59 Å². The average Bonchev–Trinajstić information content (AvgIpc) is 3.16. The second-order valence-corrected chi connectivity index (χ2v) is 7.70. The minimum Gasteiger partial charge on any atom is -0.356 e. The summed E-state index contributed by atoms with van der Waals surface area (Å²) in [6.45, 7) is 3.94. The highest BCUT2D eigenvalue weighted by Gasteiger charge is 2.28. The molecule has 7 heteroatoms. The van der Waals surface area contributed by atoms with Gasteiger partial charge >= 0.3 is 0 Å². The lowest BCUT2D eigenvalue weighted by Gasteiger charge is -2.30. The van der Waals surface area contributed by atoms with Crippen molar-refractivity contribution in [2.75, 3.05) is 19.6 Å². The molecular weight excluding hydrogens is 370 g/mol. The van der Waals surface area contributed by atoms with Gasteiger partial charge < -0.3 is 10.2 Å². The highest BCUT2D eigenvalue weighted by Crippen LogP contribution is 2.26. The third-order valence-corrected chi connectivity index (χ3v) is 5.66. The number of rotatable bonds is 5. The first-order valence-electron chi connectivity index (χ1n) is 8.87. The van der Waals surface area contributed by atoms with E-state index in [-0.39, 0.29) is 17.7 Å². The average molecular weight is 392 g/mol. The molecule has 2 aromatic rings. The van der Waals surface area contributed by atoms with Crippen LogP contribution in [0.2, 0.25) is 5.02 Å². The van der Waals surface area contributed by atoms with Gasteiger partial charge in [-0.1, -0.05) is 30.7 Å². The van der Waals surface area contributed by atoms with Gasteiger partial charge in [0.15, 0.2) is 0 Å². The van der Waals surface area contributed by atoms with E-state index in [1.807, 2.05) is 31.2 Å². The molecule has 2 heterocycles. The molecule has 0 radical (unpaired) electrons. The first kappa shape index (κ1) is 18.9. The highest BCUT2D eigenvalue weighted by molar-refractivity contribution is 7.13. The van der Waals surface area contributed by atoms with Crippen LogP contribution in [-0.2, 0) is 4.79 Å². The Kier molecular flexibility index (Phi) is 6.27. The number of thiazole rings is 1. The van der Waals surface area contributed by atoms with Gasteiger partial charge in [0.25, 0.3) is 5.91 Å². The van der Waals surface area contributed by atoms with E-state index in [2.05, 4.69) is 10.3 Å². The Bertz CT molecular complexity index is 767. The summed E-state index contributed by atoms with van der Waals surface area (Å²) >= 11 is 7.36. The first-order valence-corrected chi connectivity index (χ1v) is 10.1. The Morgan fingerprint density at radius 2 is 1.96 bits per heavy atom. The molecule has 26 heavy (non-hydrogen) atoms. The number of hydrogen-bond acceptors (Lipinski definition) is 4. The van der Waals surface area contributed by atoms with Crippen LogP contribution < -0.4 is 5.32 Å². The van der Waals surface area contributed by atoms with Crippen molar-refractivity contribution in [3.8, 4) is 10.6 Å². The van der Waals surface area contributed by atoms with Crippen molar-refractivity contribution in [2.24, 2.45) is 5.92 Å². The number of benzene rings is 1. The minimum absolute atomic E-state index is 0.00524. The first-order chi connectivity index (χ1) is 12.6. The van der Waals surface area contributed by atoms with Gasteiger partial charge in [0.05, 0.1) is 0 Å². The number of halogens is 1. The lowest BCUT2D eigenvalue weighted by molar-refractivity contribution is -0.126. The molecule has 138 valence electrons. The summed E-state index contributed by atoms with van der Waals surface area (Å²) in [7, 11) is 0. The molecule has 0 saturated carbocycles. The van der Waals surface area contributed by atoms with E-state index in [0.717, 1.165) is 17.0 Å². The van der Waals surface area contributed by atoms with Gasteiger partial charge in [0, 0.05) is 41.5 Å². The normalized spacial score (nSPS) is 15.1. The monoisotopic (exact) mass is 391 g/mol. The van der Waals surface area contributed by atoms with Crippen LogP contribution in [-0.4, -0.2) is 41.3 Å². The Labute approximate surface area is 162 Å². The van der Waals surface area contributed by atoms with Crippen molar-refractivity contribution in [1.29, 1.82) is 0 Å². The summed E-state index contributed by atoms with van der Waals surface area (Å²) < 4.78 is 0. The van der Waals surface area contributed by atoms with Gasteiger partial charge in [-0.3, -0.25) is 9.59 Å². The molecule has 1 aromatic carbocycles. The second kappa shape index (κ2) is 8.64. The molecule has 0 spiro atoms. The number of carbonyl (C=O) groups is 2. The minimum atomic E-state index is -0.0612. The van der Waals surface area contributed by atoms with Gasteiger partial charge in [-0.15, -0.1) is 11.3 Å². The molecule has 1 fully saturated rings. The third kappa shape index (κ3) is 4.43. The molecule has 0 aliphatic carbocycles. The van der Waals surface area contributed by atoms with Crippen LogP contribution in [0, 0.1) is 5.92 Å². The predicted octanol–water partition coefficient (Wildman–Crippen LogP) is 3.84. The zero-order valence-electron chi connectivity index (χ0n) is 14.7. The number of aromatic nitrogens is 1. The van der Waals surface area contributed by atoms with Crippen LogP contribution >= 0.6 is 22.9 Å². The molecule has 0 atom stereocenters. The van der Waals surface area contributed by atoms with Crippen molar-refractivity contribution in [3.05, 3.63) is 40.4 Å². The maximum Gasteiger partial charge on any atom is 0.273 e. The number of nitrogens with zero attached hydrogens (tertiary/aromatic N) is 2. The number of hydrogen-bond donors (Lipinski definition) is 1. The molecule has 1 N–H and O–H groups in total. The van der Waals surface area contributed by atoms with Gasteiger partial charge in [0.1, 0.15) is 10.7 Å². The van der Waals surface area contributed by atoms with Crippen LogP contribution in [0.4, 0.5) is 0 Å². The molecule has 0 unspecified atom stereocenters. The van der Waals surface area contributed by atoms with Crippen LogP contribution in [0.5, 0.6) is 0 Å². The lowest BCUT2D eigenvalue weighted by Crippen LogP contribution is -2.43. The number of piperidine rings is 1. The summed E-state index contributed by atoms with van der Waals surface area (Å²) in [6.07, 6.45) is 2.34. The summed E-state index contributed by atoms with van der Waals surface area (Å²) in [5.41, 5.74) is 1.42. The van der Waals surface area contributed by atoms with E-state index in [0.29, 0.717) is 43.2 Å². The van der Waals surface area contributed by atoms with Gasteiger partial charge in [-0.2, -0.15) is 0 Å². The standard InChI is InChI=1S/C19H22ClN3O2S/c1-2-9-21-17(24)13-7-10-23(11-8-13)19(25)16-12-26-18(22-16)14-3-5-15(20)6-4-14/h3-6,12-13H,2,7-11H2,1H3,(H,21,24). The molecule has 2 amide bonds. The largest absolute Gasteiger partial charge is 0.356 e. The zero-order chi connectivity index (χ0) is 18.5. The fourth-order valence-electron chi connectivity index (χ4n) is 3.00. The Hall–Kier alpha value is -1.92. The summed E-state index contributed by atoms with van der Waals surface area (Å²) in [5, 5.41) is 6.22. The van der Waals surface area contributed by atoms with Gasteiger partial charge in [-0.05, 0) is 31.4 Å². The molecule has 1 aromatic heterocycles. The Morgan fingerprint density at radius 3 is 2.62 bits per heavy atom. The molecular formula is C19H22ClN3O2S. The van der Waals surface area contributed by atoms with Crippen molar-refractivity contribution in [1.82, 2.24) is 15.2 Å². The summed E-state index contributed by atoms with van der Waals surface area (Å²) in [4.78, 5) is 31.0. The molecule has 5 nitrogen and oxygen atoms in total. The molecule has 1 aliphatic heterocycles. The van der Waals surface area contributed by atoms with Crippen LogP contribution in [0.1, 0.15) is 36.7 Å². The summed E-state index contributed by atoms with van der Waals surface area (Å²) in [5.74, 6) is 0.0529. The number of carbonyl (C=O) groups excluding carboxylic acids is 2. The van der Waals surface area contributed by atoms with Gasteiger partial charge in [-0.25, -0.2) is 4.98 Å². The van der Waals surface area contributed by atoms with Gasteiger partial charge in [0.2, 0.25) is 5.91 Å². The van der Waals surface area contributed by atoms with Crippen molar-refractivity contribution in [3.63, 3.8) is 0 Å². The molecule has 3 rings (SSSR count). The molecule has 1 saturated heterocycles. The SMILES string of the molecule is CCCNC(=O)C1CCN(C(=O)c2csc(-c3ccc(Cl)cc3)n2)CC1. The van der Waals surface area contributed by atoms with Crippen LogP contribution in [0.15, 0.2) is 29.6 Å². The quantitative estimate of drug-likeness (QED) is 0.842. The maximum absolute atomic E-state index is 12.7. The van der Waals surface area contributed by atoms with E-state index < -0.39 is 0 Å². The molecule has 0 bridgehead atoms. The van der Waals surface area contributed by atoms with Crippen molar-refractivity contribution >= 4 is 34.8 Å². The van der Waals surface area contributed by atoms with E-state index in [4.69, 9.17) is 11.6 Å². The van der Waals surface area contributed by atoms with Crippen molar-refractivity contribution < 1.29 is 9.59 Å². The fourth-order valence-corrected chi connectivity index (χ4v) is 3.92. The Balaban J connectivity index is 1.59. The number of nitrogens with one attached hydrogen (secondary N) is 1. The smallest absolute Gasteiger partial charge is 0.273 e. The van der Waals surface area contributed by atoms with Crippen LogP contribution in [0.25, 0.3) is 10.6 Å². The highest BCUT2D eigenvalue weighted by atomic mass is 35.5. The third-order valence-electron chi connectivity index (χ3n) is 4.52. The number of amides is 2.